The summed E-state index contributed by atoms with van der Waals surface area (Å²) in [6, 6.07) is 0. The zero-order valence-electron chi connectivity index (χ0n) is 15.1. The van der Waals surface area contributed by atoms with E-state index in [0.29, 0.717) is 30.0 Å². The Bertz CT molecular complexity index is 608. The molecule has 3 nitrogen and oxygen atoms in total. The molecule has 0 aromatic carbocycles. The molecule has 1 unspecified atom stereocenters. The molecule has 0 heterocycles. The number of hydrogen-bond acceptors (Lipinski definition) is 3. The highest BCUT2D eigenvalue weighted by atomic mass is 16.3. The quantitative estimate of drug-likeness (QED) is 0.800. The van der Waals surface area contributed by atoms with Crippen molar-refractivity contribution in [3.05, 3.63) is 12.2 Å². The number of aliphatic hydroxyl groups is 1. The third kappa shape index (κ3) is 2.06. The van der Waals surface area contributed by atoms with Crippen molar-refractivity contribution in [3.63, 3.8) is 0 Å². The third-order valence-electron chi connectivity index (χ3n) is 8.46. The van der Waals surface area contributed by atoms with Gasteiger partial charge < -0.3 is 5.11 Å². The van der Waals surface area contributed by atoms with Crippen molar-refractivity contribution in [2.24, 2.45) is 40.4 Å². The molecule has 3 saturated carbocycles. The highest BCUT2D eigenvalue weighted by molar-refractivity contribution is 5.91. The molecule has 3 fully saturated rings. The molecule has 3 heteroatoms. The molecule has 132 valence electrons. The molecule has 0 spiro atoms. The van der Waals surface area contributed by atoms with Crippen molar-refractivity contribution < 1.29 is 14.7 Å². The molecule has 0 radical (unpaired) electrons. The second-order valence-electron chi connectivity index (χ2n) is 9.46. The van der Waals surface area contributed by atoms with E-state index in [-0.39, 0.29) is 34.6 Å². The Kier molecular flexibility index (Phi) is 3.62. The van der Waals surface area contributed by atoms with Crippen LogP contribution in [0.4, 0.5) is 0 Å². The Balaban J connectivity index is 1.72. The number of hydrogen-bond donors (Lipinski definition) is 1. The van der Waals surface area contributed by atoms with E-state index in [0.717, 1.165) is 32.1 Å². The molecule has 1 N–H and O–H groups in total. The molecule has 8 atom stereocenters. The summed E-state index contributed by atoms with van der Waals surface area (Å²) in [7, 11) is 0. The minimum Gasteiger partial charge on any atom is -0.393 e. The van der Waals surface area contributed by atoms with E-state index in [9.17, 15) is 14.7 Å². The number of carbonyl (C=O) groups is 2. The van der Waals surface area contributed by atoms with E-state index < -0.39 is 0 Å². The smallest absolute Gasteiger partial charge is 0.155 e. The van der Waals surface area contributed by atoms with Gasteiger partial charge in [0.1, 0.15) is 5.78 Å². The Morgan fingerprint density at radius 3 is 2.67 bits per heavy atom. The fourth-order valence-corrected chi connectivity index (χ4v) is 7.43. The molecule has 4 aliphatic rings. The maximum absolute atomic E-state index is 12.2. The van der Waals surface area contributed by atoms with E-state index in [1.807, 2.05) is 0 Å². The fourth-order valence-electron chi connectivity index (χ4n) is 7.43. The van der Waals surface area contributed by atoms with Gasteiger partial charge in [0.25, 0.3) is 0 Å². The van der Waals surface area contributed by atoms with Crippen molar-refractivity contribution in [3.8, 4) is 0 Å². The molecule has 4 rings (SSSR count). The van der Waals surface area contributed by atoms with E-state index >= 15 is 0 Å². The number of fused-ring (bicyclic) bond motifs is 5. The van der Waals surface area contributed by atoms with Crippen LogP contribution in [-0.4, -0.2) is 22.8 Å². The lowest BCUT2D eigenvalue weighted by atomic mass is 9.45. The van der Waals surface area contributed by atoms with Gasteiger partial charge in [0, 0.05) is 12.3 Å². The Labute approximate surface area is 144 Å². The fraction of sp³-hybridized carbons (Fsp3) is 0.810. The van der Waals surface area contributed by atoms with Crippen LogP contribution in [0.25, 0.3) is 0 Å². The summed E-state index contributed by atoms with van der Waals surface area (Å²) in [6.07, 6.45) is 9.19. The minimum absolute atomic E-state index is 0.0379. The van der Waals surface area contributed by atoms with Crippen LogP contribution < -0.4 is 0 Å². The number of carbonyl (C=O) groups excluding carboxylic acids is 2. The molecule has 0 saturated heterocycles. The van der Waals surface area contributed by atoms with E-state index in [1.165, 1.54) is 0 Å². The zero-order valence-corrected chi connectivity index (χ0v) is 15.1. The highest BCUT2D eigenvalue weighted by Gasteiger charge is 2.63. The van der Waals surface area contributed by atoms with Crippen LogP contribution in [-0.2, 0) is 9.59 Å². The van der Waals surface area contributed by atoms with Crippen LogP contribution >= 0.6 is 0 Å². The van der Waals surface area contributed by atoms with Crippen LogP contribution in [0.1, 0.15) is 59.3 Å². The predicted molar refractivity (Wildman–Crippen MR) is 92.2 cm³/mol. The van der Waals surface area contributed by atoms with Gasteiger partial charge in [0.15, 0.2) is 5.78 Å². The first-order valence-corrected chi connectivity index (χ1v) is 9.68. The number of ketones is 2. The first-order chi connectivity index (χ1) is 11.3. The SMILES string of the molecule is CC(=O)[C@H]1CC[C@H]2[C@@H]3CCC4CC(=O)C=C[C@]4(C)[C@H]3[C@@H](O)C[C@]12C. The average Bonchev–Trinajstić information content (AvgIpc) is 2.84. The summed E-state index contributed by atoms with van der Waals surface area (Å²) in [4.78, 5) is 24.0. The summed E-state index contributed by atoms with van der Waals surface area (Å²) in [5.41, 5.74) is -0.101. The van der Waals surface area contributed by atoms with Crippen LogP contribution in [0.15, 0.2) is 12.2 Å². The molecule has 0 aromatic heterocycles. The van der Waals surface area contributed by atoms with E-state index in [4.69, 9.17) is 0 Å². The van der Waals surface area contributed by atoms with Crippen LogP contribution in [0.3, 0.4) is 0 Å². The largest absolute Gasteiger partial charge is 0.393 e. The zero-order chi connectivity index (χ0) is 17.3. The topological polar surface area (TPSA) is 54.4 Å². The first kappa shape index (κ1) is 16.5. The third-order valence-corrected chi connectivity index (χ3v) is 8.46. The van der Waals surface area contributed by atoms with Gasteiger partial charge in [0.05, 0.1) is 6.10 Å². The van der Waals surface area contributed by atoms with Gasteiger partial charge in [-0.25, -0.2) is 0 Å². The Morgan fingerprint density at radius 1 is 1.21 bits per heavy atom. The maximum atomic E-state index is 12.2. The lowest BCUT2D eigenvalue weighted by Crippen LogP contribution is -2.58. The lowest BCUT2D eigenvalue weighted by Gasteiger charge is -2.60. The molecule has 0 bridgehead atoms. The summed E-state index contributed by atoms with van der Waals surface area (Å²) in [5.74, 6) is 2.31. The number of Topliss-reactive ketones (excluding diaryl/α,β-unsaturated/α-hetero) is 1. The summed E-state index contributed by atoms with van der Waals surface area (Å²) in [6.45, 7) is 6.25. The van der Waals surface area contributed by atoms with Crippen LogP contribution in [0.5, 0.6) is 0 Å². The second kappa shape index (κ2) is 5.27. The average molecular weight is 330 g/mol. The number of rotatable bonds is 1. The van der Waals surface area contributed by atoms with Gasteiger partial charge in [-0.1, -0.05) is 19.9 Å². The van der Waals surface area contributed by atoms with Crippen molar-refractivity contribution in [1.29, 1.82) is 0 Å². The number of allylic oxidation sites excluding steroid dienone is 2. The first-order valence-electron chi connectivity index (χ1n) is 9.68. The molecular weight excluding hydrogens is 300 g/mol. The molecule has 0 amide bonds. The van der Waals surface area contributed by atoms with Crippen LogP contribution in [0.2, 0.25) is 0 Å². The van der Waals surface area contributed by atoms with Gasteiger partial charge in [-0.3, -0.25) is 9.59 Å². The molecule has 0 aromatic rings. The summed E-state index contributed by atoms with van der Waals surface area (Å²) in [5, 5.41) is 11.2. The summed E-state index contributed by atoms with van der Waals surface area (Å²) < 4.78 is 0. The summed E-state index contributed by atoms with van der Waals surface area (Å²) >= 11 is 0. The van der Waals surface area contributed by atoms with Gasteiger partial charge in [-0.15, -0.1) is 0 Å². The van der Waals surface area contributed by atoms with Crippen molar-refractivity contribution in [2.45, 2.75) is 65.4 Å². The molecule has 24 heavy (non-hydrogen) atoms. The van der Waals surface area contributed by atoms with E-state index in [2.05, 4.69) is 19.9 Å². The van der Waals surface area contributed by atoms with Gasteiger partial charge in [0.2, 0.25) is 0 Å². The van der Waals surface area contributed by atoms with E-state index in [1.54, 1.807) is 13.0 Å². The number of aliphatic hydroxyl groups excluding tert-OH is 1. The molecular formula is C21H30O3. The lowest BCUT2D eigenvalue weighted by molar-refractivity contribution is -0.155. The predicted octanol–water partition coefficient (Wildman–Crippen LogP) is 3.55. The van der Waals surface area contributed by atoms with Crippen LogP contribution in [0, 0.1) is 40.4 Å². The second-order valence-corrected chi connectivity index (χ2v) is 9.46. The van der Waals surface area contributed by atoms with Crippen molar-refractivity contribution in [2.75, 3.05) is 0 Å². The highest BCUT2D eigenvalue weighted by Crippen LogP contribution is 2.66. The standard InChI is InChI=1S/C21H30O3/c1-12(22)16-6-7-17-15-5-4-13-10-14(23)8-9-20(13,2)19(15)18(24)11-21(16,17)3/h8-9,13,15-19,24H,4-7,10-11H2,1-3H3/t13?,15-,16+,17-,18-,19+,20-,21+/m0/s1. The van der Waals surface area contributed by atoms with Gasteiger partial charge >= 0.3 is 0 Å². The molecule has 4 aliphatic carbocycles. The monoisotopic (exact) mass is 330 g/mol. The molecule has 0 aliphatic heterocycles. The van der Waals surface area contributed by atoms with Crippen molar-refractivity contribution in [1.82, 2.24) is 0 Å². The van der Waals surface area contributed by atoms with Gasteiger partial charge in [-0.05, 0) is 79.6 Å². The minimum atomic E-state index is -0.359. The van der Waals surface area contributed by atoms with Crippen molar-refractivity contribution >= 4 is 11.6 Å². The maximum Gasteiger partial charge on any atom is 0.155 e. The van der Waals surface area contributed by atoms with Gasteiger partial charge in [-0.2, -0.15) is 0 Å². The Morgan fingerprint density at radius 2 is 1.96 bits per heavy atom. The normalized spacial score (nSPS) is 53.2. The Hall–Kier alpha value is -0.960.